The molecular weight excluding hydrogens is 216 g/mol. The molecule has 0 radical (unpaired) electrons. The standard InChI is InChI=1S/C12H16N4O/c1-12(2,7-17)16-11-10(13)14-8-5-3-4-6-9(8)15-11/h3-6,17H,7H2,1-2H3,(H2,13,14)(H,15,16). The van der Waals surface area contributed by atoms with Crippen molar-refractivity contribution in [1.29, 1.82) is 0 Å². The molecule has 1 aromatic carbocycles. The Kier molecular flexibility index (Phi) is 2.85. The summed E-state index contributed by atoms with van der Waals surface area (Å²) >= 11 is 0. The maximum Gasteiger partial charge on any atom is 0.170 e. The maximum atomic E-state index is 9.21. The highest BCUT2D eigenvalue weighted by atomic mass is 16.3. The number of nitrogen functional groups attached to an aromatic ring is 1. The van der Waals surface area contributed by atoms with Crippen LogP contribution in [-0.4, -0.2) is 27.2 Å². The number of nitrogens with zero attached hydrogens (tertiary/aromatic N) is 2. The normalized spacial score (nSPS) is 11.7. The van der Waals surface area contributed by atoms with Crippen LogP contribution in [0.4, 0.5) is 11.6 Å². The zero-order valence-corrected chi connectivity index (χ0v) is 9.94. The lowest BCUT2D eigenvalue weighted by molar-refractivity contribution is 0.234. The summed E-state index contributed by atoms with van der Waals surface area (Å²) < 4.78 is 0. The summed E-state index contributed by atoms with van der Waals surface area (Å²) in [5.41, 5.74) is 6.89. The van der Waals surface area contributed by atoms with Crippen LogP contribution >= 0.6 is 0 Å². The van der Waals surface area contributed by atoms with Gasteiger partial charge in [0.1, 0.15) is 0 Å². The van der Waals surface area contributed by atoms with Gasteiger partial charge in [0.2, 0.25) is 0 Å². The highest BCUT2D eigenvalue weighted by Gasteiger charge is 2.18. The Morgan fingerprint density at radius 3 is 2.41 bits per heavy atom. The van der Waals surface area contributed by atoms with Crippen molar-refractivity contribution in [1.82, 2.24) is 9.97 Å². The van der Waals surface area contributed by atoms with Gasteiger partial charge < -0.3 is 16.2 Å². The quantitative estimate of drug-likeness (QED) is 0.744. The van der Waals surface area contributed by atoms with Crippen LogP contribution in [0.5, 0.6) is 0 Å². The first-order valence-electron chi connectivity index (χ1n) is 5.43. The lowest BCUT2D eigenvalue weighted by atomic mass is 10.1. The molecule has 0 aliphatic rings. The second-order valence-corrected chi connectivity index (χ2v) is 4.61. The van der Waals surface area contributed by atoms with Crippen molar-refractivity contribution >= 4 is 22.7 Å². The molecule has 2 rings (SSSR count). The number of anilines is 2. The van der Waals surface area contributed by atoms with E-state index in [-0.39, 0.29) is 6.61 Å². The summed E-state index contributed by atoms with van der Waals surface area (Å²) in [6.45, 7) is 3.72. The summed E-state index contributed by atoms with van der Waals surface area (Å²) in [6, 6.07) is 7.52. The van der Waals surface area contributed by atoms with E-state index in [1.54, 1.807) is 0 Å². The molecule has 0 saturated carbocycles. The van der Waals surface area contributed by atoms with Gasteiger partial charge in [0.25, 0.3) is 0 Å². The average Bonchev–Trinajstić information content (AvgIpc) is 2.30. The fourth-order valence-corrected chi connectivity index (χ4v) is 1.47. The molecule has 17 heavy (non-hydrogen) atoms. The fourth-order valence-electron chi connectivity index (χ4n) is 1.47. The van der Waals surface area contributed by atoms with Crippen molar-refractivity contribution in [3.8, 4) is 0 Å². The highest BCUT2D eigenvalue weighted by Crippen LogP contribution is 2.21. The minimum atomic E-state index is -0.481. The van der Waals surface area contributed by atoms with E-state index in [1.807, 2.05) is 38.1 Å². The van der Waals surface area contributed by atoms with E-state index < -0.39 is 5.54 Å². The van der Waals surface area contributed by atoms with E-state index in [0.717, 1.165) is 11.0 Å². The molecule has 0 atom stereocenters. The summed E-state index contributed by atoms with van der Waals surface area (Å²) in [4.78, 5) is 8.66. The number of rotatable bonds is 3. The van der Waals surface area contributed by atoms with Gasteiger partial charge in [-0.3, -0.25) is 0 Å². The van der Waals surface area contributed by atoms with Crippen molar-refractivity contribution in [2.24, 2.45) is 0 Å². The molecule has 0 bridgehead atoms. The molecule has 0 spiro atoms. The zero-order valence-electron chi connectivity index (χ0n) is 9.94. The lowest BCUT2D eigenvalue weighted by Crippen LogP contribution is -2.35. The molecule has 0 fully saturated rings. The number of fused-ring (bicyclic) bond motifs is 1. The van der Waals surface area contributed by atoms with Gasteiger partial charge in [-0.05, 0) is 26.0 Å². The fraction of sp³-hybridized carbons (Fsp3) is 0.333. The van der Waals surface area contributed by atoms with Gasteiger partial charge in [-0.1, -0.05) is 12.1 Å². The number of aliphatic hydroxyl groups excluding tert-OH is 1. The lowest BCUT2D eigenvalue weighted by Gasteiger charge is -2.24. The van der Waals surface area contributed by atoms with Crippen LogP contribution in [0.25, 0.3) is 11.0 Å². The van der Waals surface area contributed by atoms with Gasteiger partial charge in [0, 0.05) is 0 Å². The Morgan fingerprint density at radius 2 is 1.82 bits per heavy atom. The largest absolute Gasteiger partial charge is 0.394 e. The van der Waals surface area contributed by atoms with Crippen LogP contribution in [0.15, 0.2) is 24.3 Å². The van der Waals surface area contributed by atoms with E-state index in [1.165, 1.54) is 0 Å². The minimum Gasteiger partial charge on any atom is -0.394 e. The Hall–Kier alpha value is -1.88. The predicted octanol–water partition coefficient (Wildman–Crippen LogP) is 1.39. The number of aliphatic hydroxyl groups is 1. The smallest absolute Gasteiger partial charge is 0.170 e. The topological polar surface area (TPSA) is 84.1 Å². The summed E-state index contributed by atoms with van der Waals surface area (Å²) in [6.07, 6.45) is 0. The molecule has 2 aromatic rings. The third-order valence-corrected chi connectivity index (χ3v) is 2.45. The minimum absolute atomic E-state index is 0.0129. The Labute approximate surface area is 99.7 Å². The number of nitrogens with one attached hydrogen (secondary N) is 1. The van der Waals surface area contributed by atoms with Gasteiger partial charge in [0.05, 0.1) is 23.2 Å². The number of benzene rings is 1. The van der Waals surface area contributed by atoms with Crippen LogP contribution in [0.3, 0.4) is 0 Å². The van der Waals surface area contributed by atoms with E-state index in [4.69, 9.17) is 5.73 Å². The summed E-state index contributed by atoms with van der Waals surface area (Å²) in [5.74, 6) is 0.841. The Morgan fingerprint density at radius 1 is 1.24 bits per heavy atom. The number of hydrogen-bond donors (Lipinski definition) is 3. The molecule has 1 aromatic heterocycles. The van der Waals surface area contributed by atoms with Gasteiger partial charge in [-0.2, -0.15) is 0 Å². The predicted molar refractivity (Wildman–Crippen MR) is 68.7 cm³/mol. The summed E-state index contributed by atoms with van der Waals surface area (Å²) in [5, 5.41) is 12.3. The molecule has 0 aliphatic carbocycles. The monoisotopic (exact) mass is 232 g/mol. The SMILES string of the molecule is CC(C)(CO)Nc1nc2ccccc2nc1N. The van der Waals surface area contributed by atoms with Crippen molar-refractivity contribution in [2.75, 3.05) is 17.7 Å². The van der Waals surface area contributed by atoms with Crippen LogP contribution < -0.4 is 11.1 Å². The third-order valence-electron chi connectivity index (χ3n) is 2.45. The maximum absolute atomic E-state index is 9.21. The molecule has 0 saturated heterocycles. The van der Waals surface area contributed by atoms with Gasteiger partial charge in [-0.25, -0.2) is 9.97 Å². The molecule has 5 heteroatoms. The van der Waals surface area contributed by atoms with Crippen LogP contribution in [0.1, 0.15) is 13.8 Å². The van der Waals surface area contributed by atoms with Gasteiger partial charge in [0.15, 0.2) is 11.6 Å². The Bertz CT molecular complexity index is 539. The van der Waals surface area contributed by atoms with Crippen LogP contribution in [0.2, 0.25) is 0 Å². The first-order chi connectivity index (χ1) is 8.02. The Balaban J connectivity index is 2.44. The number of hydrogen-bond acceptors (Lipinski definition) is 5. The molecule has 0 unspecified atom stereocenters. The van der Waals surface area contributed by atoms with Crippen LogP contribution in [-0.2, 0) is 0 Å². The molecule has 0 aliphatic heterocycles. The van der Waals surface area contributed by atoms with E-state index in [2.05, 4.69) is 15.3 Å². The van der Waals surface area contributed by atoms with E-state index in [0.29, 0.717) is 11.6 Å². The number of nitrogens with two attached hydrogens (primary N) is 1. The van der Waals surface area contributed by atoms with E-state index in [9.17, 15) is 5.11 Å². The molecule has 4 N–H and O–H groups in total. The summed E-state index contributed by atoms with van der Waals surface area (Å²) in [7, 11) is 0. The van der Waals surface area contributed by atoms with Crippen LogP contribution in [0, 0.1) is 0 Å². The second-order valence-electron chi connectivity index (χ2n) is 4.61. The number of aromatic nitrogens is 2. The molecule has 0 amide bonds. The van der Waals surface area contributed by atoms with Gasteiger partial charge >= 0.3 is 0 Å². The average molecular weight is 232 g/mol. The molecule has 5 nitrogen and oxygen atoms in total. The first-order valence-corrected chi connectivity index (χ1v) is 5.43. The number of para-hydroxylation sites is 2. The third kappa shape index (κ3) is 2.45. The van der Waals surface area contributed by atoms with Gasteiger partial charge in [-0.15, -0.1) is 0 Å². The van der Waals surface area contributed by atoms with Crippen molar-refractivity contribution < 1.29 is 5.11 Å². The first kappa shape index (κ1) is 11.6. The zero-order chi connectivity index (χ0) is 12.5. The second kappa shape index (κ2) is 4.18. The highest BCUT2D eigenvalue weighted by molar-refractivity contribution is 5.79. The van der Waals surface area contributed by atoms with Crippen molar-refractivity contribution in [2.45, 2.75) is 19.4 Å². The molecule has 1 heterocycles. The van der Waals surface area contributed by atoms with Crippen molar-refractivity contribution in [3.63, 3.8) is 0 Å². The van der Waals surface area contributed by atoms with Crippen molar-refractivity contribution in [3.05, 3.63) is 24.3 Å². The van der Waals surface area contributed by atoms with E-state index >= 15 is 0 Å². The molecular formula is C12H16N4O. The molecule has 90 valence electrons.